The minimum Gasteiger partial charge on any atom is -0.356 e. The largest absolute Gasteiger partial charge is 0.356 e. The first-order valence-electron chi connectivity index (χ1n) is 11.4. The van der Waals surface area contributed by atoms with Crippen LogP contribution in [-0.2, 0) is 16.2 Å². The third kappa shape index (κ3) is 4.03. The van der Waals surface area contributed by atoms with Gasteiger partial charge in [0.1, 0.15) is 12.2 Å². The molecule has 0 saturated heterocycles. The zero-order chi connectivity index (χ0) is 23.8. The summed E-state index contributed by atoms with van der Waals surface area (Å²) in [7, 11) is 0. The van der Waals surface area contributed by atoms with Crippen LogP contribution in [-0.4, -0.2) is 0 Å². The number of fused-ring (bicyclic) bond motifs is 4. The Morgan fingerprint density at radius 2 is 1.06 bits per heavy atom. The highest BCUT2D eigenvalue weighted by molar-refractivity contribution is 7.98. The van der Waals surface area contributed by atoms with E-state index in [9.17, 15) is 10.5 Å². The molecule has 0 spiro atoms. The summed E-state index contributed by atoms with van der Waals surface area (Å²) in [5.74, 6) is 1.70. The first-order chi connectivity index (χ1) is 17.2. The van der Waals surface area contributed by atoms with Gasteiger partial charge in [-0.2, -0.15) is 10.5 Å². The molecule has 0 saturated carbocycles. The van der Waals surface area contributed by atoms with Gasteiger partial charge in [0.05, 0.1) is 23.3 Å². The van der Waals surface area contributed by atoms with E-state index in [1.807, 2.05) is 36.4 Å². The van der Waals surface area contributed by atoms with E-state index in [0.717, 1.165) is 43.6 Å². The number of ether oxygens (including phenoxy) is 1. The molecule has 0 bridgehead atoms. The lowest BCUT2D eigenvalue weighted by atomic mass is 9.93. The molecule has 2 heterocycles. The number of thioether (sulfide) groups is 2. The van der Waals surface area contributed by atoms with Crippen molar-refractivity contribution in [3.05, 3.63) is 129 Å². The number of nitrogens with zero attached hydrogens (tertiary/aromatic N) is 2. The van der Waals surface area contributed by atoms with Crippen molar-refractivity contribution < 1.29 is 4.74 Å². The van der Waals surface area contributed by atoms with Gasteiger partial charge in [-0.1, -0.05) is 48.5 Å². The molecule has 4 aromatic carbocycles. The van der Waals surface area contributed by atoms with Crippen LogP contribution in [0, 0.1) is 22.7 Å². The Morgan fingerprint density at radius 1 is 0.600 bits per heavy atom. The predicted molar refractivity (Wildman–Crippen MR) is 139 cm³/mol. The van der Waals surface area contributed by atoms with Crippen molar-refractivity contribution in [3.63, 3.8) is 0 Å². The number of benzene rings is 4. The standard InChI is InChI=1S/C30H20N2OS2/c31-15-19-9-11-27-25(13-19)29(23-7-3-1-5-21(23)17-34-27)33-30-24-8-4-2-6-22(24)18-35-28-12-10-20(16-32)14-26(28)30/h1-14,29-30H,17-18H2. The van der Waals surface area contributed by atoms with E-state index < -0.39 is 0 Å². The van der Waals surface area contributed by atoms with Crippen LogP contribution in [0.3, 0.4) is 0 Å². The first kappa shape index (κ1) is 22.0. The first-order valence-corrected chi connectivity index (χ1v) is 13.4. The van der Waals surface area contributed by atoms with Crippen molar-refractivity contribution in [1.29, 1.82) is 10.5 Å². The van der Waals surface area contributed by atoms with Crippen LogP contribution in [0.25, 0.3) is 0 Å². The van der Waals surface area contributed by atoms with Gasteiger partial charge >= 0.3 is 0 Å². The molecule has 2 aliphatic rings. The van der Waals surface area contributed by atoms with Crippen molar-refractivity contribution in [1.82, 2.24) is 0 Å². The van der Waals surface area contributed by atoms with Gasteiger partial charge in [-0.25, -0.2) is 0 Å². The number of hydrogen-bond acceptors (Lipinski definition) is 5. The summed E-state index contributed by atoms with van der Waals surface area (Å²) in [4.78, 5) is 2.26. The van der Waals surface area contributed by atoms with E-state index in [2.05, 4.69) is 60.7 Å². The van der Waals surface area contributed by atoms with Gasteiger partial charge < -0.3 is 4.74 Å². The second-order valence-corrected chi connectivity index (χ2v) is 10.6. The van der Waals surface area contributed by atoms with Gasteiger partial charge in [-0.15, -0.1) is 23.5 Å². The highest BCUT2D eigenvalue weighted by Gasteiger charge is 2.32. The van der Waals surface area contributed by atoms with Gasteiger partial charge in [0.15, 0.2) is 0 Å². The quantitative estimate of drug-likeness (QED) is 0.292. The maximum atomic E-state index is 9.64. The average molecular weight is 489 g/mol. The zero-order valence-electron chi connectivity index (χ0n) is 18.8. The molecule has 4 aromatic rings. The Kier molecular flexibility index (Phi) is 5.84. The predicted octanol–water partition coefficient (Wildman–Crippen LogP) is 7.54. The summed E-state index contributed by atoms with van der Waals surface area (Å²) in [6, 6.07) is 33.2. The van der Waals surface area contributed by atoms with Crippen LogP contribution in [0.2, 0.25) is 0 Å². The number of hydrogen-bond donors (Lipinski definition) is 0. The lowest BCUT2D eigenvalue weighted by Gasteiger charge is -2.28. The smallest absolute Gasteiger partial charge is 0.110 e. The van der Waals surface area contributed by atoms with Crippen LogP contribution in [0.15, 0.2) is 94.7 Å². The molecule has 2 aliphatic heterocycles. The monoisotopic (exact) mass is 488 g/mol. The van der Waals surface area contributed by atoms with Crippen molar-refractivity contribution in [2.75, 3.05) is 0 Å². The molecule has 168 valence electrons. The van der Waals surface area contributed by atoms with Gasteiger partial charge in [0.25, 0.3) is 0 Å². The third-order valence-corrected chi connectivity index (χ3v) is 8.83. The topological polar surface area (TPSA) is 56.8 Å². The molecule has 0 radical (unpaired) electrons. The molecule has 5 heteroatoms. The molecule has 6 rings (SSSR count). The second kappa shape index (κ2) is 9.29. The Hall–Kier alpha value is -3.48. The molecular weight excluding hydrogens is 468 g/mol. The Balaban J connectivity index is 1.57. The molecule has 0 aliphatic carbocycles. The Morgan fingerprint density at radius 3 is 1.51 bits per heavy atom. The van der Waals surface area contributed by atoms with Crippen molar-refractivity contribution in [3.8, 4) is 12.1 Å². The molecule has 0 N–H and O–H groups in total. The molecular formula is C30H20N2OS2. The number of rotatable bonds is 2. The summed E-state index contributed by atoms with van der Waals surface area (Å²) in [5.41, 5.74) is 8.02. The molecule has 0 amide bonds. The summed E-state index contributed by atoms with van der Waals surface area (Å²) in [6.45, 7) is 0. The highest BCUT2D eigenvalue weighted by atomic mass is 32.2. The minimum atomic E-state index is -0.343. The van der Waals surface area contributed by atoms with Gasteiger partial charge in [-0.3, -0.25) is 0 Å². The fourth-order valence-electron chi connectivity index (χ4n) is 4.83. The third-order valence-electron chi connectivity index (χ3n) is 6.56. The minimum absolute atomic E-state index is 0.343. The van der Waals surface area contributed by atoms with Crippen LogP contribution < -0.4 is 0 Å². The summed E-state index contributed by atoms with van der Waals surface area (Å²) < 4.78 is 7.15. The van der Waals surface area contributed by atoms with Crippen LogP contribution in [0.5, 0.6) is 0 Å². The van der Waals surface area contributed by atoms with Gasteiger partial charge in [-0.05, 0) is 58.7 Å². The fourth-order valence-corrected chi connectivity index (χ4v) is 6.97. The van der Waals surface area contributed by atoms with E-state index in [1.165, 1.54) is 11.1 Å². The maximum absolute atomic E-state index is 9.64. The highest BCUT2D eigenvalue weighted by Crippen LogP contribution is 2.48. The van der Waals surface area contributed by atoms with Gasteiger partial charge in [0, 0.05) is 32.4 Å². The van der Waals surface area contributed by atoms with Gasteiger partial charge in [0.2, 0.25) is 0 Å². The van der Waals surface area contributed by atoms with Crippen molar-refractivity contribution >= 4 is 23.5 Å². The zero-order valence-corrected chi connectivity index (χ0v) is 20.4. The molecule has 2 atom stereocenters. The fraction of sp³-hybridized carbons (Fsp3) is 0.133. The second-order valence-electron chi connectivity index (χ2n) is 8.60. The lowest BCUT2D eigenvalue weighted by molar-refractivity contribution is 0.0277. The lowest BCUT2D eigenvalue weighted by Crippen LogP contribution is -2.15. The molecule has 2 unspecified atom stereocenters. The van der Waals surface area contributed by atoms with E-state index in [1.54, 1.807) is 23.5 Å². The van der Waals surface area contributed by atoms with E-state index >= 15 is 0 Å². The number of nitriles is 2. The summed E-state index contributed by atoms with van der Waals surface area (Å²) in [5, 5.41) is 19.3. The molecule has 0 aromatic heterocycles. The van der Waals surface area contributed by atoms with Crippen molar-refractivity contribution in [2.24, 2.45) is 0 Å². The van der Waals surface area contributed by atoms with Crippen molar-refractivity contribution in [2.45, 2.75) is 33.5 Å². The maximum Gasteiger partial charge on any atom is 0.110 e. The van der Waals surface area contributed by atoms with Crippen LogP contribution >= 0.6 is 23.5 Å². The normalized spacial score (nSPS) is 17.9. The van der Waals surface area contributed by atoms with Crippen LogP contribution in [0.1, 0.15) is 56.7 Å². The summed E-state index contributed by atoms with van der Waals surface area (Å²) >= 11 is 3.56. The molecule has 35 heavy (non-hydrogen) atoms. The Labute approximate surface area is 213 Å². The van der Waals surface area contributed by atoms with E-state index in [4.69, 9.17) is 4.74 Å². The molecule has 3 nitrogen and oxygen atoms in total. The summed E-state index contributed by atoms with van der Waals surface area (Å²) in [6.07, 6.45) is -0.687. The Bertz CT molecular complexity index is 1420. The SMILES string of the molecule is N#Cc1ccc2c(c1)C(OC1c3ccccc3CSc3ccc(C#N)cc31)c1ccccc1CS2. The van der Waals surface area contributed by atoms with E-state index in [-0.39, 0.29) is 12.2 Å². The average Bonchev–Trinajstić information content (AvgIpc) is 3.17. The van der Waals surface area contributed by atoms with E-state index in [0.29, 0.717) is 11.1 Å². The molecule has 0 fully saturated rings. The van der Waals surface area contributed by atoms with Crippen LogP contribution in [0.4, 0.5) is 0 Å².